The minimum Gasteiger partial charge on any atom is -0.508 e. The van der Waals surface area contributed by atoms with E-state index in [1.54, 1.807) is 0 Å². The lowest BCUT2D eigenvalue weighted by Gasteiger charge is -2.47. The fraction of sp³-hybridized carbons (Fsp3) is 0.619. The van der Waals surface area contributed by atoms with Crippen LogP contribution in [0.15, 0.2) is 22.2 Å². The summed E-state index contributed by atoms with van der Waals surface area (Å²) in [6.45, 7) is 8.79. The number of rotatable bonds is 4. The molecule has 1 aliphatic heterocycles. The Balaban J connectivity index is 2.04. The molecule has 1 aromatic carbocycles. The summed E-state index contributed by atoms with van der Waals surface area (Å²) in [4.78, 5) is 0. The number of ether oxygens (including phenoxy) is 1. The second-order valence-electron chi connectivity index (χ2n) is 7.98. The molecule has 2 aliphatic rings. The van der Waals surface area contributed by atoms with Crippen LogP contribution in [0, 0.1) is 5.92 Å². The quantitative estimate of drug-likeness (QED) is 0.467. The van der Waals surface area contributed by atoms with Crippen LogP contribution in [0.5, 0.6) is 11.5 Å². The van der Waals surface area contributed by atoms with Crippen molar-refractivity contribution in [1.82, 2.24) is 0 Å². The maximum Gasteiger partial charge on any atom is 0.141 e. The third-order valence-corrected chi connectivity index (χ3v) is 6.61. The lowest BCUT2D eigenvalue weighted by atomic mass is 9.67. The van der Waals surface area contributed by atoms with Crippen molar-refractivity contribution in [3.8, 4) is 11.5 Å². The van der Waals surface area contributed by atoms with Crippen molar-refractivity contribution in [2.75, 3.05) is 0 Å². The molecule has 1 aromatic rings. The summed E-state index contributed by atoms with van der Waals surface area (Å²) in [6.07, 6.45) is 8.91. The van der Waals surface area contributed by atoms with E-state index in [0.29, 0.717) is 17.6 Å². The largest absolute Gasteiger partial charge is 0.508 e. The Morgan fingerprint density at radius 3 is 2.79 bits per heavy atom. The number of aromatic hydroxyl groups is 1. The van der Waals surface area contributed by atoms with Crippen LogP contribution < -0.4 is 4.74 Å². The maximum atomic E-state index is 10.8. The van der Waals surface area contributed by atoms with Gasteiger partial charge in [0.1, 0.15) is 17.1 Å². The highest BCUT2D eigenvalue weighted by atomic mass is 79.9. The monoisotopic (exact) mass is 392 g/mol. The van der Waals surface area contributed by atoms with Gasteiger partial charge in [-0.1, -0.05) is 31.4 Å². The first-order valence-electron chi connectivity index (χ1n) is 9.24. The van der Waals surface area contributed by atoms with Gasteiger partial charge in [-0.2, -0.15) is 0 Å². The van der Waals surface area contributed by atoms with Crippen molar-refractivity contribution in [2.45, 2.75) is 77.7 Å². The lowest BCUT2D eigenvalue weighted by molar-refractivity contribution is 0.00671. The van der Waals surface area contributed by atoms with Gasteiger partial charge in [-0.15, -0.1) is 0 Å². The number of hydrogen-bond acceptors (Lipinski definition) is 2. The molecule has 0 radical (unpaired) electrons. The molecule has 0 aromatic heterocycles. The van der Waals surface area contributed by atoms with E-state index in [9.17, 15) is 5.11 Å². The highest BCUT2D eigenvalue weighted by molar-refractivity contribution is 9.10. The molecule has 0 saturated heterocycles. The van der Waals surface area contributed by atoms with Gasteiger partial charge in [0.25, 0.3) is 0 Å². The van der Waals surface area contributed by atoms with Crippen molar-refractivity contribution in [1.29, 1.82) is 0 Å². The molecule has 3 heteroatoms. The van der Waals surface area contributed by atoms with Gasteiger partial charge in [0.15, 0.2) is 0 Å². The molecule has 3 rings (SSSR count). The van der Waals surface area contributed by atoms with E-state index in [1.807, 2.05) is 6.07 Å². The molecule has 0 spiro atoms. The summed E-state index contributed by atoms with van der Waals surface area (Å²) < 4.78 is 7.49. The SMILES string of the molecule is CCCCCc1cc(O)c2c(c1Br)OC(C)(C)[C@@H]1CC=C(C)C[C@@H]21. The highest BCUT2D eigenvalue weighted by Crippen LogP contribution is 2.56. The van der Waals surface area contributed by atoms with Crippen LogP contribution in [0.1, 0.15) is 76.8 Å². The average Bonchev–Trinajstić information content (AvgIpc) is 2.51. The first-order valence-corrected chi connectivity index (χ1v) is 10.0. The molecule has 0 unspecified atom stereocenters. The minimum absolute atomic E-state index is 0.216. The van der Waals surface area contributed by atoms with Crippen molar-refractivity contribution in [3.63, 3.8) is 0 Å². The number of fused-ring (bicyclic) bond motifs is 3. The second kappa shape index (κ2) is 6.74. The Hall–Kier alpha value is -0.960. The molecule has 1 N–H and O–H groups in total. The van der Waals surface area contributed by atoms with Gasteiger partial charge in [-0.25, -0.2) is 0 Å². The maximum absolute atomic E-state index is 10.8. The molecule has 0 bridgehead atoms. The number of benzene rings is 1. The van der Waals surface area contributed by atoms with E-state index in [-0.39, 0.29) is 5.60 Å². The number of unbranched alkanes of at least 4 members (excludes halogenated alkanes) is 2. The second-order valence-corrected chi connectivity index (χ2v) is 8.77. The Kier molecular flexibility index (Phi) is 5.01. The Labute approximate surface area is 154 Å². The van der Waals surface area contributed by atoms with Crippen molar-refractivity contribution >= 4 is 15.9 Å². The van der Waals surface area contributed by atoms with Gasteiger partial charge in [-0.3, -0.25) is 0 Å². The molecule has 1 heterocycles. The molecule has 24 heavy (non-hydrogen) atoms. The highest BCUT2D eigenvalue weighted by Gasteiger charge is 2.46. The van der Waals surface area contributed by atoms with E-state index >= 15 is 0 Å². The van der Waals surface area contributed by atoms with E-state index < -0.39 is 0 Å². The van der Waals surface area contributed by atoms with E-state index in [1.165, 1.54) is 18.4 Å². The topological polar surface area (TPSA) is 29.5 Å². The first kappa shape index (κ1) is 17.8. The molecule has 2 nitrogen and oxygen atoms in total. The molecule has 132 valence electrons. The normalized spacial score (nSPS) is 24.6. The number of phenolic OH excluding ortho intramolecular Hbond substituents is 1. The molecular formula is C21H29BrO2. The molecule has 0 amide bonds. The Bertz CT molecular complexity index is 660. The van der Waals surface area contributed by atoms with Crippen molar-refractivity contribution in [3.05, 3.63) is 33.3 Å². The van der Waals surface area contributed by atoms with Crippen LogP contribution in [0.25, 0.3) is 0 Å². The van der Waals surface area contributed by atoms with E-state index in [0.717, 1.165) is 47.0 Å². The summed E-state index contributed by atoms with van der Waals surface area (Å²) in [7, 11) is 0. The zero-order chi connectivity index (χ0) is 17.5. The summed E-state index contributed by atoms with van der Waals surface area (Å²) in [6, 6.07) is 1.96. The Morgan fingerprint density at radius 2 is 2.08 bits per heavy atom. The summed E-state index contributed by atoms with van der Waals surface area (Å²) in [5.74, 6) is 2.05. The summed E-state index contributed by atoms with van der Waals surface area (Å²) in [5, 5.41) is 10.8. The Morgan fingerprint density at radius 1 is 1.33 bits per heavy atom. The van der Waals surface area contributed by atoms with Crippen LogP contribution in [0.4, 0.5) is 0 Å². The van der Waals surface area contributed by atoms with Crippen LogP contribution in [-0.4, -0.2) is 10.7 Å². The van der Waals surface area contributed by atoms with Gasteiger partial charge in [0.2, 0.25) is 0 Å². The zero-order valence-corrected chi connectivity index (χ0v) is 16.9. The predicted octanol–water partition coefficient (Wildman–Crippen LogP) is 6.50. The van der Waals surface area contributed by atoms with Crippen LogP contribution in [0.3, 0.4) is 0 Å². The summed E-state index contributed by atoms with van der Waals surface area (Å²) >= 11 is 3.79. The zero-order valence-electron chi connectivity index (χ0n) is 15.3. The molecule has 0 saturated carbocycles. The summed E-state index contributed by atoms with van der Waals surface area (Å²) in [5.41, 5.74) is 3.38. The van der Waals surface area contributed by atoms with Crippen LogP contribution in [0.2, 0.25) is 0 Å². The number of aryl methyl sites for hydroxylation is 1. The number of hydrogen-bond donors (Lipinski definition) is 1. The standard InChI is InChI=1S/C21H29BrO2/c1-5-6-7-8-14-12-17(23)18-15-11-13(2)9-10-16(15)21(3,4)24-20(18)19(14)22/h9,12,15-16,23H,5-8,10-11H2,1-4H3/t15-,16-/m1/s1. The number of allylic oxidation sites excluding steroid dienone is 2. The smallest absolute Gasteiger partial charge is 0.141 e. The lowest BCUT2D eigenvalue weighted by Crippen LogP contribution is -2.45. The predicted molar refractivity (Wildman–Crippen MR) is 103 cm³/mol. The van der Waals surface area contributed by atoms with E-state index in [4.69, 9.17) is 4.74 Å². The van der Waals surface area contributed by atoms with Gasteiger partial charge >= 0.3 is 0 Å². The molecular weight excluding hydrogens is 364 g/mol. The molecule has 1 aliphatic carbocycles. The number of halogens is 1. The van der Waals surface area contributed by atoms with Crippen LogP contribution >= 0.6 is 15.9 Å². The van der Waals surface area contributed by atoms with Gasteiger partial charge in [-0.05, 0) is 74.0 Å². The third kappa shape index (κ3) is 3.12. The van der Waals surface area contributed by atoms with Crippen molar-refractivity contribution < 1.29 is 9.84 Å². The molecule has 2 atom stereocenters. The molecule has 0 fully saturated rings. The van der Waals surface area contributed by atoms with Gasteiger partial charge in [0.05, 0.1) is 4.47 Å². The minimum atomic E-state index is -0.216. The van der Waals surface area contributed by atoms with Crippen LogP contribution in [-0.2, 0) is 6.42 Å². The third-order valence-electron chi connectivity index (χ3n) is 5.74. The van der Waals surface area contributed by atoms with E-state index in [2.05, 4.69) is 49.7 Å². The fourth-order valence-electron chi connectivity index (χ4n) is 4.37. The number of phenols is 1. The van der Waals surface area contributed by atoms with Gasteiger partial charge in [0, 0.05) is 17.4 Å². The first-order chi connectivity index (χ1) is 11.3. The van der Waals surface area contributed by atoms with Crippen molar-refractivity contribution in [2.24, 2.45) is 5.92 Å². The fourth-order valence-corrected chi connectivity index (χ4v) is 4.97. The van der Waals surface area contributed by atoms with Gasteiger partial charge < -0.3 is 9.84 Å². The average molecular weight is 393 g/mol.